The zero-order valence-electron chi connectivity index (χ0n) is 63.7. The first-order valence-corrected chi connectivity index (χ1v) is 40.3. The molecule has 0 heterocycles. The van der Waals surface area contributed by atoms with Crippen LogP contribution in [0.3, 0.4) is 0 Å². The molecule has 0 radical (unpaired) electrons. The Labute approximate surface area is 607 Å². The highest BCUT2D eigenvalue weighted by molar-refractivity contribution is 5.28. The van der Waals surface area contributed by atoms with Gasteiger partial charge in [-0.15, -0.1) is 0 Å². The van der Waals surface area contributed by atoms with Crippen LogP contribution in [-0.4, -0.2) is 144 Å². The van der Waals surface area contributed by atoms with Crippen LogP contribution in [0.5, 0.6) is 0 Å². The number of benzene rings is 4. The smallest absolute Gasteiger partial charge is 0.105 e. The standard InChI is InChI=1S/2C13H25NO.4C13H19NO.C8H17NO/c6*1-14-12-9-5-6-10-13(12,15)11-7-3-2-4-8-11;1-8(10)6-4-3-5-7(8)9-2/h2*11-12,14-15H,2-10H2,1H3;4*2-4,7-8,12,14-15H,5-6,9-10H2,1H3;7,9-10H,3-6H2,1-2H3/t12-,13+;12-,13-;2*12-,13+;2*12-,13-;7-,8-/m0010100/s1. The van der Waals surface area contributed by atoms with Gasteiger partial charge in [0.25, 0.3) is 0 Å². The molecule has 564 valence electrons. The molecule has 9 saturated carbocycles. The quantitative estimate of drug-likeness (QED) is 0.0598. The average Bonchev–Trinajstić information content (AvgIpc) is 0.825. The number of nitrogens with one attached hydrogen (secondary N) is 7. The van der Waals surface area contributed by atoms with Crippen molar-refractivity contribution in [3.05, 3.63) is 144 Å². The highest BCUT2D eigenvalue weighted by atomic mass is 16.3. The van der Waals surface area contributed by atoms with Gasteiger partial charge >= 0.3 is 0 Å². The zero-order chi connectivity index (χ0) is 72.0. The van der Waals surface area contributed by atoms with Crippen LogP contribution < -0.4 is 37.2 Å². The van der Waals surface area contributed by atoms with Crippen molar-refractivity contribution in [3.63, 3.8) is 0 Å². The summed E-state index contributed by atoms with van der Waals surface area (Å²) in [6.45, 7) is 1.92. The molecule has 0 aromatic heterocycles. The molecule has 4 aromatic carbocycles. The second-order valence-corrected chi connectivity index (χ2v) is 31.8. The molecule has 14 heteroatoms. The molecule has 100 heavy (non-hydrogen) atoms. The van der Waals surface area contributed by atoms with Crippen molar-refractivity contribution in [2.24, 2.45) is 11.8 Å². The Bertz CT molecular complexity index is 2490. The summed E-state index contributed by atoms with van der Waals surface area (Å²) in [5.74, 6) is 1.12. The van der Waals surface area contributed by atoms with Crippen molar-refractivity contribution in [2.75, 3.05) is 49.3 Å². The van der Waals surface area contributed by atoms with Crippen LogP contribution in [0.1, 0.15) is 273 Å². The van der Waals surface area contributed by atoms with Crippen LogP contribution in [-0.2, 0) is 22.4 Å². The normalized spacial score (nSPS) is 34.8. The van der Waals surface area contributed by atoms with E-state index < -0.39 is 39.2 Å². The fourth-order valence-corrected chi connectivity index (χ4v) is 19.5. The topological polar surface area (TPSA) is 226 Å². The second-order valence-electron chi connectivity index (χ2n) is 31.8. The maximum absolute atomic E-state index is 10.9. The minimum absolute atomic E-state index is 0.189. The Hall–Kier alpha value is -3.68. The van der Waals surface area contributed by atoms with E-state index >= 15 is 0 Å². The van der Waals surface area contributed by atoms with Crippen molar-refractivity contribution in [2.45, 2.75) is 332 Å². The van der Waals surface area contributed by atoms with Crippen molar-refractivity contribution >= 4 is 0 Å². The lowest BCUT2D eigenvalue weighted by Crippen LogP contribution is -2.56. The zero-order valence-corrected chi connectivity index (χ0v) is 63.7. The molecule has 9 aliphatic carbocycles. The number of hydrogen-bond donors (Lipinski definition) is 14. The van der Waals surface area contributed by atoms with Crippen LogP contribution in [0, 0.1) is 11.8 Å². The van der Waals surface area contributed by atoms with Crippen molar-refractivity contribution in [1.82, 2.24) is 37.2 Å². The van der Waals surface area contributed by atoms with Gasteiger partial charge in [0.2, 0.25) is 0 Å². The molecule has 14 nitrogen and oxygen atoms in total. The van der Waals surface area contributed by atoms with E-state index in [4.69, 9.17) is 0 Å². The first kappa shape index (κ1) is 83.6. The molecule has 0 aliphatic heterocycles. The van der Waals surface area contributed by atoms with Gasteiger partial charge in [0, 0.05) is 42.3 Å². The van der Waals surface area contributed by atoms with Gasteiger partial charge < -0.3 is 73.0 Å². The van der Waals surface area contributed by atoms with E-state index in [9.17, 15) is 35.7 Å². The van der Waals surface area contributed by atoms with Gasteiger partial charge in [0.05, 0.1) is 16.8 Å². The Morgan fingerprint density at radius 1 is 0.230 bits per heavy atom. The lowest BCUT2D eigenvalue weighted by molar-refractivity contribution is -0.0840. The minimum atomic E-state index is -0.672. The van der Waals surface area contributed by atoms with Crippen LogP contribution in [0.25, 0.3) is 0 Å². The first-order chi connectivity index (χ1) is 48.3. The maximum atomic E-state index is 10.9. The predicted molar refractivity (Wildman–Crippen MR) is 414 cm³/mol. The summed E-state index contributed by atoms with van der Waals surface area (Å²) < 4.78 is 0. The van der Waals surface area contributed by atoms with E-state index in [1.54, 1.807) is 0 Å². The maximum Gasteiger partial charge on any atom is 0.105 e. The number of rotatable bonds is 13. The predicted octanol–water partition coefficient (Wildman–Crippen LogP) is 14.0. The number of hydrogen-bond acceptors (Lipinski definition) is 14. The van der Waals surface area contributed by atoms with Crippen molar-refractivity contribution in [1.29, 1.82) is 0 Å². The molecule has 0 unspecified atom stereocenters. The Balaban J connectivity index is 0.000000164. The molecule has 9 fully saturated rings. The van der Waals surface area contributed by atoms with Crippen molar-refractivity contribution < 1.29 is 35.7 Å². The first-order valence-electron chi connectivity index (χ1n) is 40.3. The molecular formula is C86H143N7O7. The summed E-state index contributed by atoms with van der Waals surface area (Å²) in [6.07, 6.45) is 43.8. The summed E-state index contributed by atoms with van der Waals surface area (Å²) in [7, 11) is 13.7. The summed E-state index contributed by atoms with van der Waals surface area (Å²) in [5.41, 5.74) is 0.236. The minimum Gasteiger partial charge on any atom is -0.389 e. The van der Waals surface area contributed by atoms with Gasteiger partial charge in [-0.2, -0.15) is 0 Å². The summed E-state index contributed by atoms with van der Waals surface area (Å²) in [4.78, 5) is 0. The third kappa shape index (κ3) is 22.2. The van der Waals surface area contributed by atoms with E-state index in [0.29, 0.717) is 30.0 Å². The fraction of sp³-hybridized carbons (Fsp3) is 0.721. The second kappa shape index (κ2) is 41.9. The van der Waals surface area contributed by atoms with Gasteiger partial charge in [-0.1, -0.05) is 250 Å². The molecule has 13 rings (SSSR count). The third-order valence-corrected chi connectivity index (χ3v) is 25.7. The van der Waals surface area contributed by atoms with Gasteiger partial charge in [0.1, 0.15) is 22.4 Å². The van der Waals surface area contributed by atoms with E-state index in [-0.39, 0.29) is 24.2 Å². The van der Waals surface area contributed by atoms with Gasteiger partial charge in [0.15, 0.2) is 0 Å². The SMILES string of the molecule is CN[C@@H]1CCCC[C@@]1(O)c1ccccc1.CN[C@@H]1CCCC[C@]1(O)c1ccccc1.CN[C@H]1CCCC[C@@]1(O)C1CCCCC1.CN[C@H]1CCCC[C@@]1(O)c1ccccc1.CN[C@H]1CCCC[C@]1(C)O.CN[C@H]1CCCC[C@]1(O)C1CCCCC1.CN[C@H]1CCCC[C@]1(O)c1ccccc1. The van der Waals surface area contributed by atoms with E-state index in [2.05, 4.69) is 37.2 Å². The van der Waals surface area contributed by atoms with Crippen LogP contribution in [0.4, 0.5) is 0 Å². The third-order valence-electron chi connectivity index (χ3n) is 25.7. The van der Waals surface area contributed by atoms with E-state index in [1.165, 1.54) is 128 Å². The molecule has 0 bridgehead atoms. The fourth-order valence-electron chi connectivity index (χ4n) is 19.5. The molecule has 9 aliphatic rings. The molecule has 14 atom stereocenters. The van der Waals surface area contributed by atoms with Crippen LogP contribution in [0.2, 0.25) is 0 Å². The van der Waals surface area contributed by atoms with Crippen LogP contribution >= 0.6 is 0 Å². The molecule has 0 amide bonds. The molecule has 4 aromatic rings. The Morgan fingerprint density at radius 3 is 0.650 bits per heavy atom. The summed E-state index contributed by atoms with van der Waals surface area (Å²) in [6, 6.07) is 41.9. The lowest BCUT2D eigenvalue weighted by atomic mass is 9.67. The molecule has 14 N–H and O–H groups in total. The van der Waals surface area contributed by atoms with Crippen molar-refractivity contribution in [3.8, 4) is 0 Å². The lowest BCUT2D eigenvalue weighted by Gasteiger charge is -2.46. The van der Waals surface area contributed by atoms with E-state index in [0.717, 1.165) is 138 Å². The summed E-state index contributed by atoms with van der Waals surface area (Å²) in [5, 5.41) is 97.3. The highest BCUT2D eigenvalue weighted by Gasteiger charge is 2.47. The van der Waals surface area contributed by atoms with Gasteiger partial charge in [-0.3, -0.25) is 0 Å². The number of likely N-dealkylation sites (N-methyl/N-ethyl adjacent to an activating group) is 7. The number of aliphatic hydroxyl groups is 7. The molecular weight excluding hydrogens is 1240 g/mol. The van der Waals surface area contributed by atoms with E-state index in [1.807, 2.05) is 178 Å². The Kier molecular flexibility index (Phi) is 35.0. The average molecular weight is 1390 g/mol. The van der Waals surface area contributed by atoms with Gasteiger partial charge in [-0.05, 0) is 206 Å². The largest absolute Gasteiger partial charge is 0.389 e. The van der Waals surface area contributed by atoms with Gasteiger partial charge in [-0.25, -0.2) is 0 Å². The monoisotopic (exact) mass is 1390 g/mol. The summed E-state index contributed by atoms with van der Waals surface area (Å²) >= 11 is 0. The molecule has 0 saturated heterocycles. The highest BCUT2D eigenvalue weighted by Crippen LogP contribution is 2.45. The van der Waals surface area contributed by atoms with Crippen LogP contribution in [0.15, 0.2) is 121 Å². The Morgan fingerprint density at radius 2 is 0.430 bits per heavy atom. The molecule has 0 spiro atoms.